The van der Waals surface area contributed by atoms with Gasteiger partial charge in [-0.1, -0.05) is 77.9 Å². The van der Waals surface area contributed by atoms with Crippen LogP contribution < -0.4 is 0 Å². The van der Waals surface area contributed by atoms with Crippen LogP contribution in [0.15, 0.2) is 0 Å². The Morgan fingerprint density at radius 1 is 1.20 bits per heavy atom. The molecular weight excluding hydrogens is 179 g/mol. The molecule has 1 aliphatic rings. The molecule has 15 heavy (non-hydrogen) atoms. The Morgan fingerprint density at radius 3 is 2.67 bits per heavy atom. The van der Waals surface area contributed by atoms with Crippen molar-refractivity contribution in [1.82, 2.24) is 0 Å². The molecule has 0 spiro atoms. The van der Waals surface area contributed by atoms with E-state index >= 15 is 0 Å². The first-order valence-electron chi connectivity index (χ1n) is 7.09. The van der Waals surface area contributed by atoms with Crippen molar-refractivity contribution in [2.45, 2.75) is 77.9 Å². The summed E-state index contributed by atoms with van der Waals surface area (Å²) < 4.78 is 0. The number of hydrogen-bond acceptors (Lipinski definition) is 0. The molecule has 87 valence electrons. The summed E-state index contributed by atoms with van der Waals surface area (Å²) in [6, 6.07) is 0. The molecule has 0 aromatic heterocycles. The average molecular weight is 207 g/mol. The lowest BCUT2D eigenvalue weighted by molar-refractivity contribution is 0.371. The second-order valence-corrected chi connectivity index (χ2v) is 5.52. The third-order valence-electron chi connectivity index (χ3n) is 4.31. The lowest BCUT2D eigenvalue weighted by Gasteiger charge is -2.17. The van der Waals surface area contributed by atoms with Crippen LogP contribution in [0.1, 0.15) is 65.7 Å². The van der Waals surface area contributed by atoms with E-state index in [2.05, 4.69) is 28.1 Å². The summed E-state index contributed by atoms with van der Waals surface area (Å²) in [5, 5.41) is 0. The summed E-state index contributed by atoms with van der Waals surface area (Å²) in [5.41, 5.74) is 0. The molecule has 0 nitrogen and oxygen atoms in total. The first kappa shape index (κ1) is 13.1. The molecule has 1 saturated heterocycles. The Hall–Kier alpha value is 0.0649. The van der Waals surface area contributed by atoms with Crippen LogP contribution in [-0.4, -0.2) is 7.28 Å². The fourth-order valence-corrected chi connectivity index (χ4v) is 2.66. The van der Waals surface area contributed by atoms with E-state index < -0.39 is 0 Å². The van der Waals surface area contributed by atoms with Gasteiger partial charge in [-0.05, 0) is 11.8 Å². The van der Waals surface area contributed by atoms with Crippen molar-refractivity contribution in [3.63, 3.8) is 0 Å². The summed E-state index contributed by atoms with van der Waals surface area (Å²) in [5.74, 6) is 2.91. The lowest BCUT2D eigenvalue weighted by Crippen LogP contribution is -2.02. The van der Waals surface area contributed by atoms with Crippen molar-refractivity contribution < 1.29 is 0 Å². The Labute approximate surface area is 97.5 Å². The van der Waals surface area contributed by atoms with Crippen molar-refractivity contribution in [3.05, 3.63) is 0 Å². The minimum absolute atomic E-state index is 0.929. The molecule has 1 fully saturated rings. The summed E-state index contributed by atoms with van der Waals surface area (Å²) in [7, 11) is 2.59. The van der Waals surface area contributed by atoms with E-state index in [9.17, 15) is 0 Å². The zero-order valence-electron chi connectivity index (χ0n) is 11.0. The van der Waals surface area contributed by atoms with Gasteiger partial charge in [0.25, 0.3) is 0 Å². The second kappa shape index (κ2) is 7.36. The Bertz CT molecular complexity index is 155. The maximum Gasteiger partial charge on any atom is 0.113 e. The van der Waals surface area contributed by atoms with Gasteiger partial charge in [0, 0.05) is 0 Å². The summed E-state index contributed by atoms with van der Waals surface area (Å²) >= 11 is 0. The van der Waals surface area contributed by atoms with E-state index in [4.69, 9.17) is 0 Å². The highest BCUT2D eigenvalue weighted by Gasteiger charge is 2.18. The molecular formula is C14H28B. The molecule has 2 unspecified atom stereocenters. The van der Waals surface area contributed by atoms with E-state index in [1.165, 1.54) is 51.3 Å². The molecule has 0 aromatic rings. The van der Waals surface area contributed by atoms with E-state index in [1.807, 2.05) is 0 Å². The highest BCUT2D eigenvalue weighted by atomic mass is 14.2. The highest BCUT2D eigenvalue weighted by molar-refractivity contribution is 6.37. The largest absolute Gasteiger partial charge is 0.113 e. The molecule has 0 bridgehead atoms. The van der Waals surface area contributed by atoms with Crippen LogP contribution in [0, 0.1) is 11.8 Å². The van der Waals surface area contributed by atoms with Crippen molar-refractivity contribution in [2.75, 3.05) is 0 Å². The van der Waals surface area contributed by atoms with Gasteiger partial charge < -0.3 is 0 Å². The minimum atomic E-state index is 0.929. The quantitative estimate of drug-likeness (QED) is 0.560. The number of rotatable bonds is 5. The molecule has 1 heteroatoms. The third-order valence-corrected chi connectivity index (χ3v) is 4.31. The summed E-state index contributed by atoms with van der Waals surface area (Å²) in [6.45, 7) is 7.05. The maximum atomic E-state index is 2.59. The zero-order chi connectivity index (χ0) is 11.1. The second-order valence-electron chi connectivity index (χ2n) is 5.52. The number of hydrogen-bond donors (Lipinski definition) is 0. The molecule has 1 heterocycles. The first-order chi connectivity index (χ1) is 7.26. The molecule has 0 aromatic carbocycles. The minimum Gasteiger partial charge on any atom is -0.0797 e. The predicted octanol–water partition coefficient (Wildman–Crippen LogP) is 4.93. The van der Waals surface area contributed by atoms with Crippen molar-refractivity contribution in [1.29, 1.82) is 0 Å². The molecule has 1 rings (SSSR count). The van der Waals surface area contributed by atoms with Crippen LogP contribution in [0.3, 0.4) is 0 Å². The van der Waals surface area contributed by atoms with Gasteiger partial charge in [-0.25, -0.2) is 0 Å². The van der Waals surface area contributed by atoms with Crippen LogP contribution in [0.5, 0.6) is 0 Å². The summed E-state index contributed by atoms with van der Waals surface area (Å²) in [6.07, 6.45) is 11.5. The molecule has 0 amide bonds. The van der Waals surface area contributed by atoms with Crippen molar-refractivity contribution in [3.8, 4) is 0 Å². The lowest BCUT2D eigenvalue weighted by atomic mass is 9.60. The topological polar surface area (TPSA) is 0 Å². The highest BCUT2D eigenvalue weighted by Crippen LogP contribution is 2.32. The van der Waals surface area contributed by atoms with E-state index in [-0.39, 0.29) is 0 Å². The Kier molecular flexibility index (Phi) is 6.44. The molecule has 1 aliphatic heterocycles. The predicted molar refractivity (Wildman–Crippen MR) is 70.6 cm³/mol. The van der Waals surface area contributed by atoms with E-state index in [1.54, 1.807) is 0 Å². The molecule has 0 saturated carbocycles. The molecule has 3 atom stereocenters. The van der Waals surface area contributed by atoms with Crippen LogP contribution in [0.2, 0.25) is 12.1 Å². The fraction of sp³-hybridized carbons (Fsp3) is 1.00. The SMILES string of the molecule is CCC1[B]CCC(CC[C@@H](C)CC)CC1. The standard InChI is InChI=1S/C14H28B/c1-4-12(3)6-7-13-8-9-14(5-2)15-11-10-13/h12-14H,4-11H2,1-3H3/t12-,13?,14?/m0/s1. The zero-order valence-corrected chi connectivity index (χ0v) is 11.0. The average Bonchev–Trinajstić information content (AvgIpc) is 2.50. The van der Waals surface area contributed by atoms with Crippen molar-refractivity contribution in [2.24, 2.45) is 11.8 Å². The Morgan fingerprint density at radius 2 is 2.00 bits per heavy atom. The fourth-order valence-electron chi connectivity index (χ4n) is 2.66. The van der Waals surface area contributed by atoms with E-state index in [0.29, 0.717) is 0 Å². The van der Waals surface area contributed by atoms with Gasteiger partial charge in [0.1, 0.15) is 7.28 Å². The van der Waals surface area contributed by atoms with Gasteiger partial charge >= 0.3 is 0 Å². The Balaban J connectivity index is 2.19. The monoisotopic (exact) mass is 207 g/mol. The normalized spacial score (nSPS) is 29.3. The van der Waals surface area contributed by atoms with Gasteiger partial charge in [0.05, 0.1) is 0 Å². The van der Waals surface area contributed by atoms with Gasteiger partial charge in [-0.3, -0.25) is 0 Å². The first-order valence-corrected chi connectivity index (χ1v) is 7.09. The van der Waals surface area contributed by atoms with Gasteiger partial charge in [-0.15, -0.1) is 0 Å². The van der Waals surface area contributed by atoms with E-state index in [0.717, 1.165) is 17.7 Å². The van der Waals surface area contributed by atoms with Crippen LogP contribution in [-0.2, 0) is 0 Å². The maximum absolute atomic E-state index is 2.59. The van der Waals surface area contributed by atoms with Crippen LogP contribution >= 0.6 is 0 Å². The molecule has 0 aliphatic carbocycles. The van der Waals surface area contributed by atoms with Crippen LogP contribution in [0.25, 0.3) is 0 Å². The van der Waals surface area contributed by atoms with Gasteiger partial charge in [0.2, 0.25) is 0 Å². The summed E-state index contributed by atoms with van der Waals surface area (Å²) in [4.78, 5) is 0. The van der Waals surface area contributed by atoms with Gasteiger partial charge in [0.15, 0.2) is 0 Å². The third kappa shape index (κ3) is 5.09. The van der Waals surface area contributed by atoms with Crippen LogP contribution in [0.4, 0.5) is 0 Å². The van der Waals surface area contributed by atoms with Gasteiger partial charge in [-0.2, -0.15) is 0 Å². The van der Waals surface area contributed by atoms with Crippen molar-refractivity contribution >= 4 is 7.28 Å². The smallest absolute Gasteiger partial charge is 0.0797 e. The molecule has 0 N–H and O–H groups in total. The molecule has 1 radical (unpaired) electrons.